The van der Waals surface area contributed by atoms with E-state index in [1.54, 1.807) is 4.90 Å². The average Bonchev–Trinajstić information content (AvgIpc) is 2.87. The second kappa shape index (κ2) is 4.58. The Morgan fingerprint density at radius 2 is 1.94 bits per heavy atom. The van der Waals surface area contributed by atoms with Gasteiger partial charge in [-0.1, -0.05) is 25.0 Å². The first kappa shape index (κ1) is 11.6. The minimum absolute atomic E-state index is 0.120. The molecule has 0 aliphatic heterocycles. The van der Waals surface area contributed by atoms with Crippen molar-refractivity contribution in [1.82, 2.24) is 4.90 Å². The van der Waals surface area contributed by atoms with E-state index in [2.05, 4.69) is 12.2 Å². The fourth-order valence-electron chi connectivity index (χ4n) is 2.84. The average molecular weight is 223 g/mol. The molecule has 1 saturated carbocycles. The Morgan fingerprint density at radius 1 is 1.38 bits per heavy atom. The molecule has 0 bridgehead atoms. The molecule has 1 amide bonds. The summed E-state index contributed by atoms with van der Waals surface area (Å²) < 4.78 is 0. The van der Waals surface area contributed by atoms with Crippen molar-refractivity contribution in [2.45, 2.75) is 44.1 Å². The van der Waals surface area contributed by atoms with Crippen molar-refractivity contribution < 1.29 is 9.90 Å². The third-order valence-corrected chi connectivity index (χ3v) is 3.80. The van der Waals surface area contributed by atoms with Crippen LogP contribution in [0.1, 0.15) is 38.5 Å². The van der Waals surface area contributed by atoms with E-state index in [-0.39, 0.29) is 11.8 Å². The Balaban J connectivity index is 1.87. The molecule has 0 atom stereocenters. The van der Waals surface area contributed by atoms with Crippen LogP contribution in [0.15, 0.2) is 12.2 Å². The number of hydrogen-bond acceptors (Lipinski definition) is 2. The fourth-order valence-corrected chi connectivity index (χ4v) is 2.84. The van der Waals surface area contributed by atoms with Gasteiger partial charge in [-0.25, -0.2) is 0 Å². The Bertz CT molecular complexity index is 284. The Kier molecular flexibility index (Phi) is 3.33. The van der Waals surface area contributed by atoms with Crippen LogP contribution in [-0.4, -0.2) is 35.1 Å². The standard InChI is InChI=1S/C13H21NO2/c1-14(10-13(16)8-4-5-9-13)12(15)11-6-2-3-7-11/h2-3,11,16H,4-10H2,1H3. The van der Waals surface area contributed by atoms with E-state index in [1.165, 1.54) is 0 Å². The largest absolute Gasteiger partial charge is 0.388 e. The highest BCUT2D eigenvalue weighted by Gasteiger charge is 2.34. The third kappa shape index (κ3) is 2.46. The SMILES string of the molecule is CN(CC1(O)CCCC1)C(=O)C1CC=CC1. The number of carbonyl (C=O) groups is 1. The molecule has 0 saturated heterocycles. The lowest BCUT2D eigenvalue weighted by Gasteiger charge is -2.30. The molecule has 90 valence electrons. The highest BCUT2D eigenvalue weighted by molar-refractivity contribution is 5.79. The summed E-state index contributed by atoms with van der Waals surface area (Å²) in [5.74, 6) is 0.306. The maximum Gasteiger partial charge on any atom is 0.226 e. The number of allylic oxidation sites excluding steroid dienone is 2. The monoisotopic (exact) mass is 223 g/mol. The van der Waals surface area contributed by atoms with Crippen molar-refractivity contribution in [2.75, 3.05) is 13.6 Å². The van der Waals surface area contributed by atoms with Crippen molar-refractivity contribution in [3.63, 3.8) is 0 Å². The molecule has 0 aromatic carbocycles. The van der Waals surface area contributed by atoms with Gasteiger partial charge in [0.25, 0.3) is 0 Å². The molecule has 0 radical (unpaired) electrons. The number of likely N-dealkylation sites (N-methyl/N-ethyl adjacent to an activating group) is 1. The molecule has 2 aliphatic carbocycles. The summed E-state index contributed by atoms with van der Waals surface area (Å²) in [4.78, 5) is 13.8. The lowest BCUT2D eigenvalue weighted by atomic mass is 10.00. The number of hydrogen-bond donors (Lipinski definition) is 1. The number of aliphatic hydroxyl groups is 1. The molecule has 2 rings (SSSR count). The highest BCUT2D eigenvalue weighted by Crippen LogP contribution is 2.30. The van der Waals surface area contributed by atoms with Gasteiger partial charge in [-0.15, -0.1) is 0 Å². The van der Waals surface area contributed by atoms with Crippen molar-refractivity contribution in [3.05, 3.63) is 12.2 Å². The minimum atomic E-state index is -0.615. The predicted octanol–water partition coefficient (Wildman–Crippen LogP) is 1.72. The molecule has 0 heterocycles. The minimum Gasteiger partial charge on any atom is -0.388 e. The van der Waals surface area contributed by atoms with E-state index in [9.17, 15) is 9.90 Å². The smallest absolute Gasteiger partial charge is 0.226 e. The summed E-state index contributed by atoms with van der Waals surface area (Å²) in [7, 11) is 1.82. The first-order chi connectivity index (χ1) is 7.61. The van der Waals surface area contributed by atoms with Crippen molar-refractivity contribution >= 4 is 5.91 Å². The molecule has 0 aromatic rings. The molecule has 3 heteroatoms. The van der Waals surface area contributed by atoms with Gasteiger partial charge in [-0.2, -0.15) is 0 Å². The van der Waals surface area contributed by atoms with Crippen LogP contribution in [0.5, 0.6) is 0 Å². The van der Waals surface area contributed by atoms with E-state index >= 15 is 0 Å². The van der Waals surface area contributed by atoms with E-state index in [0.717, 1.165) is 38.5 Å². The number of carbonyl (C=O) groups excluding carboxylic acids is 1. The Hall–Kier alpha value is -0.830. The van der Waals surface area contributed by atoms with Crippen LogP contribution in [0.2, 0.25) is 0 Å². The van der Waals surface area contributed by atoms with Gasteiger partial charge in [0, 0.05) is 19.5 Å². The highest BCUT2D eigenvalue weighted by atomic mass is 16.3. The van der Waals surface area contributed by atoms with Gasteiger partial charge >= 0.3 is 0 Å². The van der Waals surface area contributed by atoms with Gasteiger partial charge in [0.05, 0.1) is 5.60 Å². The quantitative estimate of drug-likeness (QED) is 0.740. The third-order valence-electron chi connectivity index (χ3n) is 3.80. The molecule has 1 fully saturated rings. The van der Waals surface area contributed by atoms with Crippen LogP contribution >= 0.6 is 0 Å². The lowest BCUT2D eigenvalue weighted by molar-refractivity contribution is -0.137. The normalized spacial score (nSPS) is 23.9. The van der Waals surface area contributed by atoms with Crippen LogP contribution in [0.25, 0.3) is 0 Å². The zero-order chi connectivity index (χ0) is 11.6. The van der Waals surface area contributed by atoms with Crippen LogP contribution in [0.3, 0.4) is 0 Å². The van der Waals surface area contributed by atoms with E-state index in [1.807, 2.05) is 7.05 Å². The summed E-state index contributed by atoms with van der Waals surface area (Å²) in [5, 5.41) is 10.2. The molecule has 0 unspecified atom stereocenters. The second-order valence-corrected chi connectivity index (χ2v) is 5.27. The van der Waals surface area contributed by atoms with Crippen molar-refractivity contribution in [1.29, 1.82) is 0 Å². The van der Waals surface area contributed by atoms with Gasteiger partial charge in [0.1, 0.15) is 0 Å². The Morgan fingerprint density at radius 3 is 2.50 bits per heavy atom. The molecule has 3 nitrogen and oxygen atoms in total. The summed E-state index contributed by atoms with van der Waals surface area (Å²) >= 11 is 0. The van der Waals surface area contributed by atoms with Gasteiger partial charge in [0.2, 0.25) is 5.91 Å². The molecule has 0 aromatic heterocycles. The number of amides is 1. The lowest BCUT2D eigenvalue weighted by Crippen LogP contribution is -2.43. The van der Waals surface area contributed by atoms with Crippen molar-refractivity contribution in [3.8, 4) is 0 Å². The molecule has 0 spiro atoms. The van der Waals surface area contributed by atoms with Gasteiger partial charge in [-0.05, 0) is 25.7 Å². The van der Waals surface area contributed by atoms with E-state index in [0.29, 0.717) is 6.54 Å². The topological polar surface area (TPSA) is 40.5 Å². The Labute approximate surface area is 97.1 Å². The van der Waals surface area contributed by atoms with Gasteiger partial charge in [0.15, 0.2) is 0 Å². The molecular weight excluding hydrogens is 202 g/mol. The first-order valence-corrected chi connectivity index (χ1v) is 6.23. The number of rotatable bonds is 3. The van der Waals surface area contributed by atoms with Crippen LogP contribution in [0.4, 0.5) is 0 Å². The fraction of sp³-hybridized carbons (Fsp3) is 0.769. The zero-order valence-corrected chi connectivity index (χ0v) is 9.98. The summed E-state index contributed by atoms with van der Waals surface area (Å²) in [6.07, 6.45) is 9.72. The molecule has 2 aliphatic rings. The molecule has 16 heavy (non-hydrogen) atoms. The predicted molar refractivity (Wildman–Crippen MR) is 62.9 cm³/mol. The zero-order valence-electron chi connectivity index (χ0n) is 9.98. The molecule has 1 N–H and O–H groups in total. The number of nitrogens with zero attached hydrogens (tertiary/aromatic N) is 1. The van der Waals surface area contributed by atoms with Gasteiger partial charge in [-0.3, -0.25) is 4.79 Å². The van der Waals surface area contributed by atoms with Gasteiger partial charge < -0.3 is 10.0 Å². The summed E-state index contributed by atoms with van der Waals surface area (Å²) in [6.45, 7) is 0.502. The second-order valence-electron chi connectivity index (χ2n) is 5.27. The maximum atomic E-state index is 12.1. The van der Waals surface area contributed by atoms with Crippen LogP contribution in [0, 0.1) is 5.92 Å². The van der Waals surface area contributed by atoms with E-state index in [4.69, 9.17) is 0 Å². The summed E-state index contributed by atoms with van der Waals surface area (Å²) in [6, 6.07) is 0. The van der Waals surface area contributed by atoms with Crippen LogP contribution in [-0.2, 0) is 4.79 Å². The van der Waals surface area contributed by atoms with E-state index < -0.39 is 5.60 Å². The summed E-state index contributed by atoms with van der Waals surface area (Å²) in [5.41, 5.74) is -0.615. The van der Waals surface area contributed by atoms with Crippen LogP contribution < -0.4 is 0 Å². The van der Waals surface area contributed by atoms with Crippen molar-refractivity contribution in [2.24, 2.45) is 5.92 Å². The first-order valence-electron chi connectivity index (χ1n) is 6.23. The molecular formula is C13H21NO2. The maximum absolute atomic E-state index is 12.1.